The number of hydrogen-bond acceptors (Lipinski definition) is 6. The van der Waals surface area contributed by atoms with Crippen LogP contribution in [0.2, 0.25) is 10.0 Å². The highest BCUT2D eigenvalue weighted by atomic mass is 35.5. The molecular weight excluding hydrogens is 525 g/mol. The van der Waals surface area contributed by atoms with E-state index in [1.54, 1.807) is 24.1 Å². The molecule has 0 aromatic heterocycles. The van der Waals surface area contributed by atoms with Crippen LogP contribution < -0.4 is 5.32 Å². The number of ether oxygens (including phenoxy) is 3. The molecule has 1 aliphatic heterocycles. The molecule has 1 aromatic carbocycles. The van der Waals surface area contributed by atoms with Gasteiger partial charge in [0.2, 0.25) is 5.91 Å². The summed E-state index contributed by atoms with van der Waals surface area (Å²) in [5, 5.41) is 4.51. The van der Waals surface area contributed by atoms with Crippen LogP contribution in [0.3, 0.4) is 0 Å². The van der Waals surface area contributed by atoms with Crippen molar-refractivity contribution in [3.63, 3.8) is 0 Å². The predicted molar refractivity (Wildman–Crippen MR) is 156 cm³/mol. The van der Waals surface area contributed by atoms with Crippen molar-refractivity contribution in [1.82, 2.24) is 15.1 Å². The summed E-state index contributed by atoms with van der Waals surface area (Å²) in [6.07, 6.45) is 9.17. The lowest BCUT2D eigenvalue weighted by atomic mass is 10.0. The van der Waals surface area contributed by atoms with E-state index in [4.69, 9.17) is 37.4 Å². The summed E-state index contributed by atoms with van der Waals surface area (Å²) in [5.41, 5.74) is 1.73. The Morgan fingerprint density at radius 1 is 1.18 bits per heavy atom. The van der Waals surface area contributed by atoms with Gasteiger partial charge in [0.05, 0.1) is 55.5 Å². The SMILES string of the molecule is C=C(/C=C\C=C/C)[C@@H](CN1CC[C@H](NCCOCCOCCOC)C1)N(C)C(=O)Cc1ccc(Cl)c(Cl)c1. The topological polar surface area (TPSA) is 63.3 Å². The molecule has 2 atom stereocenters. The lowest BCUT2D eigenvalue weighted by molar-refractivity contribution is -0.130. The monoisotopic (exact) mass is 567 g/mol. The van der Waals surface area contributed by atoms with Crippen molar-refractivity contribution in [3.05, 3.63) is 70.3 Å². The number of carbonyl (C=O) groups is 1. The van der Waals surface area contributed by atoms with Crippen molar-refractivity contribution in [2.45, 2.75) is 31.8 Å². The van der Waals surface area contributed by atoms with Crippen LogP contribution in [0, 0.1) is 0 Å². The maximum atomic E-state index is 13.2. The lowest BCUT2D eigenvalue weighted by Crippen LogP contribution is -2.46. The van der Waals surface area contributed by atoms with E-state index in [1.807, 2.05) is 44.3 Å². The number of rotatable bonds is 18. The van der Waals surface area contributed by atoms with Gasteiger partial charge < -0.3 is 24.4 Å². The van der Waals surface area contributed by atoms with Gasteiger partial charge >= 0.3 is 0 Å². The first-order valence-electron chi connectivity index (χ1n) is 13.1. The quantitative estimate of drug-likeness (QED) is 0.209. The van der Waals surface area contributed by atoms with Gasteiger partial charge in [-0.15, -0.1) is 0 Å². The highest BCUT2D eigenvalue weighted by molar-refractivity contribution is 6.42. The van der Waals surface area contributed by atoms with E-state index in [9.17, 15) is 4.79 Å². The van der Waals surface area contributed by atoms with Gasteiger partial charge in [0.25, 0.3) is 0 Å². The van der Waals surface area contributed by atoms with Crippen LogP contribution in [0.15, 0.2) is 54.7 Å². The van der Waals surface area contributed by atoms with E-state index in [2.05, 4.69) is 16.8 Å². The third-order valence-electron chi connectivity index (χ3n) is 6.43. The van der Waals surface area contributed by atoms with Gasteiger partial charge in [0.1, 0.15) is 0 Å². The third-order valence-corrected chi connectivity index (χ3v) is 7.17. The summed E-state index contributed by atoms with van der Waals surface area (Å²) < 4.78 is 16.0. The Morgan fingerprint density at radius 2 is 1.92 bits per heavy atom. The lowest BCUT2D eigenvalue weighted by Gasteiger charge is -2.32. The Morgan fingerprint density at radius 3 is 2.63 bits per heavy atom. The summed E-state index contributed by atoms with van der Waals surface area (Å²) in [5.74, 6) is 0.00573. The zero-order valence-electron chi connectivity index (χ0n) is 23.0. The molecule has 0 aliphatic carbocycles. The number of methoxy groups -OCH3 is 1. The van der Waals surface area contributed by atoms with Crippen LogP contribution in [-0.2, 0) is 25.4 Å². The largest absolute Gasteiger partial charge is 0.382 e. The van der Waals surface area contributed by atoms with Gasteiger partial charge in [-0.1, -0.05) is 60.2 Å². The number of carbonyl (C=O) groups excluding carboxylic acids is 1. The molecule has 1 amide bonds. The average Bonchev–Trinajstić information content (AvgIpc) is 3.35. The van der Waals surface area contributed by atoms with Gasteiger partial charge in [-0.2, -0.15) is 0 Å². The first-order valence-corrected chi connectivity index (χ1v) is 13.9. The molecule has 1 aromatic rings. The van der Waals surface area contributed by atoms with Crippen LogP contribution in [0.1, 0.15) is 18.9 Å². The van der Waals surface area contributed by atoms with Crippen molar-refractivity contribution in [3.8, 4) is 0 Å². The predicted octanol–water partition coefficient (Wildman–Crippen LogP) is 4.39. The fourth-order valence-electron chi connectivity index (χ4n) is 4.22. The molecule has 212 valence electrons. The number of nitrogens with one attached hydrogen (secondary N) is 1. The molecule has 7 nitrogen and oxygen atoms in total. The van der Waals surface area contributed by atoms with Gasteiger partial charge in [-0.3, -0.25) is 9.69 Å². The van der Waals surface area contributed by atoms with E-state index in [1.165, 1.54) is 0 Å². The molecule has 1 fully saturated rings. The minimum Gasteiger partial charge on any atom is -0.382 e. The number of allylic oxidation sites excluding steroid dienone is 3. The molecular formula is C29H43Cl2N3O4. The van der Waals surface area contributed by atoms with Crippen molar-refractivity contribution >= 4 is 29.1 Å². The summed E-state index contributed by atoms with van der Waals surface area (Å²) in [7, 11) is 3.51. The van der Waals surface area contributed by atoms with Gasteiger partial charge in [0, 0.05) is 39.8 Å². The smallest absolute Gasteiger partial charge is 0.227 e. The Hall–Kier alpha value is -1.71. The van der Waals surface area contributed by atoms with Crippen molar-refractivity contribution < 1.29 is 19.0 Å². The zero-order valence-corrected chi connectivity index (χ0v) is 24.5. The highest BCUT2D eigenvalue weighted by Crippen LogP contribution is 2.23. The first kappa shape index (κ1) is 32.5. The molecule has 1 saturated heterocycles. The maximum absolute atomic E-state index is 13.2. The number of benzene rings is 1. The summed E-state index contributed by atoms with van der Waals surface area (Å²) in [6, 6.07) is 5.56. The van der Waals surface area contributed by atoms with Crippen LogP contribution >= 0.6 is 23.2 Å². The minimum absolute atomic E-state index is 0.00573. The maximum Gasteiger partial charge on any atom is 0.227 e. The van der Waals surface area contributed by atoms with E-state index >= 15 is 0 Å². The molecule has 1 aliphatic rings. The Bertz CT molecular complexity index is 925. The number of likely N-dealkylation sites (N-methyl/N-ethyl adjacent to an activating group) is 1. The first-order chi connectivity index (χ1) is 18.3. The van der Waals surface area contributed by atoms with E-state index in [0.717, 1.165) is 43.7 Å². The molecule has 1 heterocycles. The number of likely N-dealkylation sites (tertiary alicyclic amines) is 1. The molecule has 0 spiro atoms. The minimum atomic E-state index is -0.146. The summed E-state index contributed by atoms with van der Waals surface area (Å²) in [4.78, 5) is 17.4. The van der Waals surface area contributed by atoms with Crippen LogP contribution in [0.25, 0.3) is 0 Å². The average molecular weight is 569 g/mol. The molecule has 0 unspecified atom stereocenters. The van der Waals surface area contributed by atoms with Gasteiger partial charge in [-0.05, 0) is 43.2 Å². The number of amides is 1. The molecule has 0 bridgehead atoms. The molecule has 0 radical (unpaired) electrons. The molecule has 1 N–H and O–H groups in total. The summed E-state index contributed by atoms with van der Waals surface area (Å²) >= 11 is 12.2. The van der Waals surface area contributed by atoms with E-state index in [0.29, 0.717) is 49.1 Å². The third kappa shape index (κ3) is 12.0. The second kappa shape index (κ2) is 18.6. The molecule has 2 rings (SSSR count). The molecule has 0 saturated carbocycles. The van der Waals surface area contributed by atoms with Gasteiger partial charge in [0.15, 0.2) is 0 Å². The van der Waals surface area contributed by atoms with E-state index in [-0.39, 0.29) is 18.4 Å². The van der Waals surface area contributed by atoms with Crippen molar-refractivity contribution in [1.29, 1.82) is 0 Å². The zero-order chi connectivity index (χ0) is 27.8. The Kier molecular flexibility index (Phi) is 15.9. The number of nitrogens with zero attached hydrogens (tertiary/aromatic N) is 2. The number of hydrogen-bond donors (Lipinski definition) is 1. The normalized spacial score (nSPS) is 17.0. The second-order valence-electron chi connectivity index (χ2n) is 9.32. The fourth-order valence-corrected chi connectivity index (χ4v) is 4.54. The summed E-state index contributed by atoms with van der Waals surface area (Å²) in [6.45, 7) is 12.6. The Balaban J connectivity index is 1.86. The number of halogens is 2. The van der Waals surface area contributed by atoms with Crippen molar-refractivity contribution in [2.24, 2.45) is 0 Å². The van der Waals surface area contributed by atoms with Crippen molar-refractivity contribution in [2.75, 3.05) is 73.4 Å². The van der Waals surface area contributed by atoms with E-state index < -0.39 is 0 Å². The highest BCUT2D eigenvalue weighted by Gasteiger charge is 2.28. The Labute approximate surface area is 238 Å². The molecule has 38 heavy (non-hydrogen) atoms. The second-order valence-corrected chi connectivity index (χ2v) is 10.1. The standard InChI is InChI=1S/C29H43Cl2N3O4/c1-5-6-7-8-23(2)28(33(3)29(35)20-24-9-10-26(30)27(31)19-24)22-34-13-11-25(21-34)32-12-14-37-17-18-38-16-15-36-4/h5-10,19,25,28,32H,2,11-18,20-22H2,1,3-4H3/b6-5-,8-7-/t25-,28+/m0/s1. The van der Waals surface area contributed by atoms with Crippen LogP contribution in [0.4, 0.5) is 0 Å². The van der Waals surface area contributed by atoms with Gasteiger partial charge in [-0.25, -0.2) is 0 Å². The fraction of sp³-hybridized carbons (Fsp3) is 0.552. The molecule has 9 heteroatoms. The van der Waals surface area contributed by atoms with Crippen LogP contribution in [-0.4, -0.2) is 101 Å². The van der Waals surface area contributed by atoms with Crippen LogP contribution in [0.5, 0.6) is 0 Å².